The third-order valence-electron chi connectivity index (χ3n) is 2.40. The Labute approximate surface area is 124 Å². The molecular weight excluding hydrogens is 302 g/mol. The van der Waals surface area contributed by atoms with Gasteiger partial charge >= 0.3 is 5.97 Å². The van der Waals surface area contributed by atoms with Crippen molar-refractivity contribution in [2.75, 3.05) is 13.9 Å². The van der Waals surface area contributed by atoms with E-state index in [0.29, 0.717) is 21.5 Å². The number of halogens is 1. The Kier molecular flexibility index (Phi) is 4.94. The van der Waals surface area contributed by atoms with E-state index in [2.05, 4.69) is 4.98 Å². The highest BCUT2D eigenvalue weighted by Crippen LogP contribution is 2.33. The Morgan fingerprint density at radius 3 is 2.95 bits per heavy atom. The highest BCUT2D eigenvalue weighted by molar-refractivity contribution is 7.13. The van der Waals surface area contributed by atoms with Crippen LogP contribution in [0.4, 0.5) is 0 Å². The lowest BCUT2D eigenvalue weighted by atomic mass is 10.2. The van der Waals surface area contributed by atoms with Crippen LogP contribution in [0.25, 0.3) is 10.6 Å². The molecule has 0 saturated carbocycles. The molecule has 0 bridgehead atoms. The van der Waals surface area contributed by atoms with E-state index < -0.39 is 5.97 Å². The molecule has 0 aliphatic carbocycles. The van der Waals surface area contributed by atoms with Crippen LogP contribution in [0, 0.1) is 0 Å². The zero-order valence-electron chi connectivity index (χ0n) is 10.6. The third kappa shape index (κ3) is 3.69. The van der Waals surface area contributed by atoms with E-state index >= 15 is 0 Å². The highest BCUT2D eigenvalue weighted by Gasteiger charge is 2.11. The molecule has 2 rings (SSSR count). The van der Waals surface area contributed by atoms with Crippen molar-refractivity contribution in [3.8, 4) is 16.3 Å². The van der Waals surface area contributed by atoms with Crippen LogP contribution in [0.3, 0.4) is 0 Å². The minimum absolute atomic E-state index is 0.0941. The summed E-state index contributed by atoms with van der Waals surface area (Å²) in [4.78, 5) is 14.9. The van der Waals surface area contributed by atoms with Gasteiger partial charge in [0.25, 0.3) is 0 Å². The van der Waals surface area contributed by atoms with Crippen molar-refractivity contribution >= 4 is 28.9 Å². The Morgan fingerprint density at radius 2 is 2.30 bits per heavy atom. The van der Waals surface area contributed by atoms with Crippen LogP contribution in [0.5, 0.6) is 5.75 Å². The maximum absolute atomic E-state index is 10.6. The van der Waals surface area contributed by atoms with E-state index in [-0.39, 0.29) is 13.2 Å². The van der Waals surface area contributed by atoms with Crippen LogP contribution in [0.1, 0.15) is 5.69 Å². The number of thiazole rings is 1. The van der Waals surface area contributed by atoms with Gasteiger partial charge in [0.1, 0.15) is 10.8 Å². The van der Waals surface area contributed by atoms with Crippen molar-refractivity contribution in [2.24, 2.45) is 0 Å². The second-order valence-electron chi connectivity index (χ2n) is 3.91. The zero-order chi connectivity index (χ0) is 14.5. The fourth-order valence-corrected chi connectivity index (χ4v) is 2.73. The topological polar surface area (TPSA) is 68.7 Å². The minimum Gasteiger partial charge on any atom is -0.481 e. The van der Waals surface area contributed by atoms with Crippen LogP contribution < -0.4 is 4.74 Å². The molecule has 1 heterocycles. The molecule has 106 valence electrons. The summed E-state index contributed by atoms with van der Waals surface area (Å²) in [6, 6.07) is 5.23. The first-order chi connectivity index (χ1) is 9.60. The monoisotopic (exact) mass is 313 g/mol. The van der Waals surface area contributed by atoms with Crippen molar-refractivity contribution in [1.29, 1.82) is 0 Å². The molecule has 0 spiro atoms. The molecule has 0 atom stereocenters. The number of carbonyl (C=O) groups is 1. The maximum atomic E-state index is 10.6. The third-order valence-corrected chi connectivity index (χ3v) is 3.64. The quantitative estimate of drug-likeness (QED) is 0.830. The van der Waals surface area contributed by atoms with Gasteiger partial charge in [-0.15, -0.1) is 11.3 Å². The number of methoxy groups -OCH3 is 1. The molecule has 20 heavy (non-hydrogen) atoms. The summed E-state index contributed by atoms with van der Waals surface area (Å²) in [6.45, 7) is 0.148. The second kappa shape index (κ2) is 6.69. The lowest BCUT2D eigenvalue weighted by Crippen LogP contribution is -2.00. The van der Waals surface area contributed by atoms with Crippen molar-refractivity contribution in [3.63, 3.8) is 0 Å². The van der Waals surface area contributed by atoms with Crippen LogP contribution in [0.2, 0.25) is 5.02 Å². The van der Waals surface area contributed by atoms with Gasteiger partial charge in [0.2, 0.25) is 0 Å². The lowest BCUT2D eigenvalue weighted by molar-refractivity contribution is -0.136. The van der Waals surface area contributed by atoms with E-state index in [1.54, 1.807) is 23.6 Å². The molecule has 0 amide bonds. The minimum atomic E-state index is -0.906. The van der Waals surface area contributed by atoms with E-state index in [9.17, 15) is 4.79 Å². The van der Waals surface area contributed by atoms with Gasteiger partial charge in [0.15, 0.2) is 6.79 Å². The zero-order valence-corrected chi connectivity index (χ0v) is 12.2. The van der Waals surface area contributed by atoms with Gasteiger partial charge in [-0.2, -0.15) is 0 Å². The van der Waals surface area contributed by atoms with Gasteiger partial charge in [-0.05, 0) is 18.2 Å². The number of hydrogen-bond acceptors (Lipinski definition) is 5. The van der Waals surface area contributed by atoms with Crippen molar-refractivity contribution in [2.45, 2.75) is 6.42 Å². The summed E-state index contributed by atoms with van der Waals surface area (Å²) >= 11 is 7.55. The second-order valence-corrected chi connectivity index (χ2v) is 5.17. The summed E-state index contributed by atoms with van der Waals surface area (Å²) in [5, 5.41) is 11.6. The van der Waals surface area contributed by atoms with Gasteiger partial charge in [0, 0.05) is 18.1 Å². The predicted octanol–water partition coefficient (Wildman–Crippen LogP) is 3.07. The fourth-order valence-electron chi connectivity index (χ4n) is 1.55. The summed E-state index contributed by atoms with van der Waals surface area (Å²) in [5.74, 6) is -0.306. The molecule has 0 saturated heterocycles. The van der Waals surface area contributed by atoms with Gasteiger partial charge in [0.05, 0.1) is 17.1 Å². The van der Waals surface area contributed by atoms with Crippen LogP contribution in [0.15, 0.2) is 23.6 Å². The molecule has 1 aromatic carbocycles. The fraction of sp³-hybridized carbons (Fsp3) is 0.231. The number of hydrogen-bond donors (Lipinski definition) is 1. The predicted molar refractivity (Wildman–Crippen MR) is 76.4 cm³/mol. The highest BCUT2D eigenvalue weighted by atomic mass is 35.5. The number of nitrogens with zero attached hydrogens (tertiary/aromatic N) is 1. The first-order valence-electron chi connectivity index (χ1n) is 5.68. The number of carboxylic acid groups (broad SMARTS) is 1. The summed E-state index contributed by atoms with van der Waals surface area (Å²) in [7, 11) is 1.54. The van der Waals surface area contributed by atoms with E-state index in [1.165, 1.54) is 18.4 Å². The van der Waals surface area contributed by atoms with E-state index in [1.807, 2.05) is 0 Å². The molecule has 0 radical (unpaired) electrons. The number of aliphatic carboxylic acids is 1. The molecule has 7 heteroatoms. The Balaban J connectivity index is 2.20. The summed E-state index contributed by atoms with van der Waals surface area (Å²) < 4.78 is 10.1. The lowest BCUT2D eigenvalue weighted by Gasteiger charge is -2.06. The van der Waals surface area contributed by atoms with Crippen molar-refractivity contribution < 1.29 is 19.4 Å². The number of benzene rings is 1. The summed E-state index contributed by atoms with van der Waals surface area (Å²) in [6.07, 6.45) is -0.0941. The standard InChI is InChI=1S/C13H12ClNO4S/c1-18-7-19-9-2-3-10(11(14)5-9)13-15-8(6-20-13)4-12(16)17/h2-3,5-6H,4,7H2,1H3,(H,16,17). The molecule has 2 aromatic rings. The van der Waals surface area contributed by atoms with Crippen LogP contribution in [-0.4, -0.2) is 30.0 Å². The molecule has 0 aliphatic heterocycles. The summed E-state index contributed by atoms with van der Waals surface area (Å²) in [5.41, 5.74) is 1.27. The van der Waals surface area contributed by atoms with E-state index in [0.717, 1.165) is 5.56 Å². The Bertz CT molecular complexity index is 614. The molecule has 0 unspecified atom stereocenters. The molecule has 0 aliphatic rings. The normalized spacial score (nSPS) is 10.5. The smallest absolute Gasteiger partial charge is 0.309 e. The van der Waals surface area contributed by atoms with Gasteiger partial charge in [-0.25, -0.2) is 4.98 Å². The van der Waals surface area contributed by atoms with Crippen LogP contribution in [-0.2, 0) is 16.0 Å². The van der Waals surface area contributed by atoms with Gasteiger partial charge < -0.3 is 14.6 Å². The molecule has 5 nitrogen and oxygen atoms in total. The first kappa shape index (κ1) is 14.8. The molecule has 1 aromatic heterocycles. The van der Waals surface area contributed by atoms with Gasteiger partial charge in [-0.3, -0.25) is 4.79 Å². The van der Waals surface area contributed by atoms with E-state index in [4.69, 9.17) is 26.2 Å². The van der Waals surface area contributed by atoms with Crippen molar-refractivity contribution in [3.05, 3.63) is 34.3 Å². The number of ether oxygens (including phenoxy) is 2. The number of aromatic nitrogens is 1. The van der Waals surface area contributed by atoms with Crippen LogP contribution >= 0.6 is 22.9 Å². The first-order valence-corrected chi connectivity index (χ1v) is 6.93. The molecule has 1 N–H and O–H groups in total. The molecule has 0 fully saturated rings. The van der Waals surface area contributed by atoms with Gasteiger partial charge in [-0.1, -0.05) is 11.6 Å². The Morgan fingerprint density at radius 1 is 1.50 bits per heavy atom. The SMILES string of the molecule is COCOc1ccc(-c2nc(CC(=O)O)cs2)c(Cl)c1. The number of carboxylic acids is 1. The maximum Gasteiger partial charge on any atom is 0.309 e. The Hall–Kier alpha value is -1.63. The molecular formula is C13H12ClNO4S. The number of rotatable bonds is 6. The largest absolute Gasteiger partial charge is 0.481 e. The average molecular weight is 314 g/mol. The average Bonchev–Trinajstić information content (AvgIpc) is 2.83. The van der Waals surface area contributed by atoms with Crippen molar-refractivity contribution in [1.82, 2.24) is 4.98 Å².